The highest BCUT2D eigenvalue weighted by molar-refractivity contribution is 5.44. The van der Waals surface area contributed by atoms with E-state index in [1.54, 1.807) is 0 Å². The second kappa shape index (κ2) is 6.27. The van der Waals surface area contributed by atoms with Gasteiger partial charge in [0.05, 0.1) is 6.07 Å². The Morgan fingerprint density at radius 1 is 1.39 bits per heavy atom. The summed E-state index contributed by atoms with van der Waals surface area (Å²) in [7, 11) is 0. The van der Waals surface area contributed by atoms with Crippen LogP contribution in [0, 0.1) is 11.3 Å². The highest BCUT2D eigenvalue weighted by Crippen LogP contribution is 2.32. The Balaban J connectivity index is 1.78. The second-order valence-corrected chi connectivity index (χ2v) is 4.49. The van der Waals surface area contributed by atoms with Crippen LogP contribution in [0.5, 0.6) is 11.5 Å². The van der Waals surface area contributed by atoms with Gasteiger partial charge >= 0.3 is 0 Å². The van der Waals surface area contributed by atoms with Crippen LogP contribution in [0.25, 0.3) is 0 Å². The van der Waals surface area contributed by atoms with Crippen molar-refractivity contribution < 1.29 is 9.47 Å². The van der Waals surface area contributed by atoms with Crippen LogP contribution in [0.15, 0.2) is 18.2 Å². The molecule has 1 aliphatic heterocycles. The molecule has 1 unspecified atom stereocenters. The molecule has 0 fully saturated rings. The molecule has 1 aromatic rings. The third-order valence-corrected chi connectivity index (χ3v) is 3.03. The zero-order valence-corrected chi connectivity index (χ0v) is 10.6. The van der Waals surface area contributed by atoms with E-state index in [1.807, 2.05) is 12.1 Å². The van der Waals surface area contributed by atoms with Crippen LogP contribution in [-0.2, 0) is 6.42 Å². The van der Waals surface area contributed by atoms with Gasteiger partial charge in [0.25, 0.3) is 0 Å². The van der Waals surface area contributed by atoms with Crippen molar-refractivity contribution in [2.75, 3.05) is 13.3 Å². The Kier molecular flexibility index (Phi) is 4.43. The molecule has 0 saturated heterocycles. The molecule has 0 bridgehead atoms. The maximum atomic E-state index is 8.46. The molecule has 1 heterocycles. The van der Waals surface area contributed by atoms with Gasteiger partial charge in [-0.05, 0) is 37.5 Å². The van der Waals surface area contributed by atoms with Gasteiger partial charge in [-0.15, -0.1) is 0 Å². The largest absolute Gasteiger partial charge is 0.454 e. The number of nitrogens with zero attached hydrogens (tertiary/aromatic N) is 1. The van der Waals surface area contributed by atoms with Crippen LogP contribution in [0.2, 0.25) is 0 Å². The first kappa shape index (κ1) is 12.7. The molecule has 1 N–H and O–H groups in total. The van der Waals surface area contributed by atoms with Crippen molar-refractivity contribution in [1.29, 1.82) is 5.26 Å². The standard InChI is InChI=1S/C14H18N2O2/c1-11(16-8-2-7-15)3-4-12-5-6-13-14(9-12)18-10-17-13/h5-6,9,11,16H,2-4,8,10H2,1H3. The van der Waals surface area contributed by atoms with Crippen LogP contribution < -0.4 is 14.8 Å². The van der Waals surface area contributed by atoms with Crippen molar-refractivity contribution in [1.82, 2.24) is 5.32 Å². The van der Waals surface area contributed by atoms with E-state index in [4.69, 9.17) is 14.7 Å². The average Bonchev–Trinajstić information content (AvgIpc) is 2.84. The molecule has 4 heteroatoms. The maximum Gasteiger partial charge on any atom is 0.231 e. The van der Waals surface area contributed by atoms with Crippen LogP contribution in [0.3, 0.4) is 0 Å². The Bertz CT molecular complexity index is 440. The Morgan fingerprint density at radius 2 is 2.22 bits per heavy atom. The average molecular weight is 246 g/mol. The first-order valence-corrected chi connectivity index (χ1v) is 6.28. The fourth-order valence-electron chi connectivity index (χ4n) is 1.96. The van der Waals surface area contributed by atoms with Crippen molar-refractivity contribution in [3.05, 3.63) is 23.8 Å². The van der Waals surface area contributed by atoms with Gasteiger partial charge in [0.1, 0.15) is 0 Å². The van der Waals surface area contributed by atoms with E-state index in [0.29, 0.717) is 19.3 Å². The minimum absolute atomic E-state index is 0.324. The topological polar surface area (TPSA) is 54.3 Å². The SMILES string of the molecule is CC(CCc1ccc2c(c1)OCO2)NCCC#N. The summed E-state index contributed by atoms with van der Waals surface area (Å²) >= 11 is 0. The molecule has 0 aliphatic carbocycles. The normalized spacial score (nSPS) is 14.2. The molecule has 0 radical (unpaired) electrons. The summed E-state index contributed by atoms with van der Waals surface area (Å²) in [6, 6.07) is 8.64. The third-order valence-electron chi connectivity index (χ3n) is 3.03. The summed E-state index contributed by atoms with van der Waals surface area (Å²) in [5, 5.41) is 11.8. The quantitative estimate of drug-likeness (QED) is 0.782. The van der Waals surface area contributed by atoms with Gasteiger partial charge in [0.2, 0.25) is 6.79 Å². The number of nitrogens with one attached hydrogen (secondary N) is 1. The highest BCUT2D eigenvalue weighted by atomic mass is 16.7. The van der Waals surface area contributed by atoms with Crippen molar-refractivity contribution in [2.45, 2.75) is 32.2 Å². The molecule has 0 aromatic heterocycles. The number of rotatable bonds is 6. The number of benzene rings is 1. The van der Waals surface area contributed by atoms with Gasteiger partial charge in [-0.25, -0.2) is 0 Å². The number of ether oxygens (including phenoxy) is 2. The van der Waals surface area contributed by atoms with E-state index in [0.717, 1.165) is 30.9 Å². The van der Waals surface area contributed by atoms with Crippen molar-refractivity contribution in [2.24, 2.45) is 0 Å². The van der Waals surface area contributed by atoms with Gasteiger partial charge in [-0.2, -0.15) is 5.26 Å². The van der Waals surface area contributed by atoms with Crippen molar-refractivity contribution in [3.8, 4) is 17.6 Å². The molecular weight excluding hydrogens is 228 g/mol. The van der Waals surface area contributed by atoms with Gasteiger partial charge in [-0.1, -0.05) is 6.07 Å². The Hall–Kier alpha value is -1.73. The number of hydrogen-bond acceptors (Lipinski definition) is 4. The van der Waals surface area contributed by atoms with Gasteiger partial charge < -0.3 is 14.8 Å². The fraction of sp³-hybridized carbons (Fsp3) is 0.500. The minimum atomic E-state index is 0.324. The Labute approximate surface area is 108 Å². The molecule has 18 heavy (non-hydrogen) atoms. The minimum Gasteiger partial charge on any atom is -0.454 e. The predicted octanol–water partition coefficient (Wildman–Crippen LogP) is 2.24. The highest BCUT2D eigenvalue weighted by Gasteiger charge is 2.13. The van der Waals surface area contributed by atoms with E-state index in [-0.39, 0.29) is 0 Å². The molecule has 1 atom stereocenters. The van der Waals surface area contributed by atoms with Crippen LogP contribution in [-0.4, -0.2) is 19.4 Å². The van der Waals surface area contributed by atoms with E-state index in [1.165, 1.54) is 5.56 Å². The third kappa shape index (κ3) is 3.38. The fourth-order valence-corrected chi connectivity index (χ4v) is 1.96. The van der Waals surface area contributed by atoms with Gasteiger partial charge in [0, 0.05) is 19.0 Å². The smallest absolute Gasteiger partial charge is 0.231 e. The number of fused-ring (bicyclic) bond motifs is 1. The van der Waals surface area contributed by atoms with Crippen LogP contribution >= 0.6 is 0 Å². The molecule has 0 amide bonds. The van der Waals surface area contributed by atoms with E-state index in [9.17, 15) is 0 Å². The number of hydrogen-bond donors (Lipinski definition) is 1. The molecule has 96 valence electrons. The van der Waals surface area contributed by atoms with Crippen molar-refractivity contribution >= 4 is 0 Å². The summed E-state index contributed by atoms with van der Waals surface area (Å²) in [4.78, 5) is 0. The molecular formula is C14H18N2O2. The monoisotopic (exact) mass is 246 g/mol. The zero-order valence-electron chi connectivity index (χ0n) is 10.6. The lowest BCUT2D eigenvalue weighted by molar-refractivity contribution is 0.174. The number of nitriles is 1. The first-order chi connectivity index (χ1) is 8.79. The lowest BCUT2D eigenvalue weighted by atomic mass is 10.1. The molecule has 2 rings (SSSR count). The Morgan fingerprint density at radius 3 is 3.06 bits per heavy atom. The summed E-state index contributed by atoms with van der Waals surface area (Å²) in [5.41, 5.74) is 1.26. The molecule has 4 nitrogen and oxygen atoms in total. The van der Waals surface area contributed by atoms with Crippen molar-refractivity contribution in [3.63, 3.8) is 0 Å². The molecule has 0 spiro atoms. The first-order valence-electron chi connectivity index (χ1n) is 6.28. The van der Waals surface area contributed by atoms with E-state index < -0.39 is 0 Å². The summed E-state index contributed by atoms with van der Waals surface area (Å²) in [6.07, 6.45) is 2.61. The molecule has 1 aliphatic rings. The van der Waals surface area contributed by atoms with E-state index in [2.05, 4.69) is 24.4 Å². The summed E-state index contributed by atoms with van der Waals surface area (Å²) in [6.45, 7) is 3.23. The second-order valence-electron chi connectivity index (χ2n) is 4.49. The summed E-state index contributed by atoms with van der Waals surface area (Å²) in [5.74, 6) is 1.68. The molecule has 0 saturated carbocycles. The maximum absolute atomic E-state index is 8.46. The van der Waals surface area contributed by atoms with Crippen LogP contribution in [0.4, 0.5) is 0 Å². The lowest BCUT2D eigenvalue weighted by Crippen LogP contribution is -2.27. The lowest BCUT2D eigenvalue weighted by Gasteiger charge is -2.12. The summed E-state index contributed by atoms with van der Waals surface area (Å²) < 4.78 is 10.6. The van der Waals surface area contributed by atoms with Crippen LogP contribution in [0.1, 0.15) is 25.3 Å². The predicted molar refractivity (Wildman–Crippen MR) is 68.6 cm³/mol. The number of aryl methyl sites for hydroxylation is 1. The van der Waals surface area contributed by atoms with E-state index >= 15 is 0 Å². The zero-order chi connectivity index (χ0) is 12.8. The molecule has 1 aromatic carbocycles. The van der Waals surface area contributed by atoms with Gasteiger partial charge in [-0.3, -0.25) is 0 Å². The van der Waals surface area contributed by atoms with Gasteiger partial charge in [0.15, 0.2) is 11.5 Å².